The van der Waals surface area contributed by atoms with E-state index in [2.05, 4.69) is 28.6 Å². The average molecular weight is 232 g/mol. The molecular weight excluding hydrogens is 218 g/mol. The lowest BCUT2D eigenvalue weighted by atomic mass is 10.2. The molecule has 1 fully saturated rings. The van der Waals surface area contributed by atoms with Gasteiger partial charge in [0.25, 0.3) is 0 Å². The lowest BCUT2D eigenvalue weighted by Gasteiger charge is -2.15. The standard InChI is InChI=1S/C9H14ClN3S/c1-6(2)8-11-12-9(10)13(8)7-3-4-14-5-7/h6-7H,3-5H2,1-2H3. The van der Waals surface area contributed by atoms with Crippen LogP contribution in [0, 0.1) is 0 Å². The number of halogens is 1. The molecule has 2 rings (SSSR count). The zero-order chi connectivity index (χ0) is 10.1. The highest BCUT2D eigenvalue weighted by Crippen LogP contribution is 2.32. The number of hydrogen-bond donors (Lipinski definition) is 0. The van der Waals surface area contributed by atoms with E-state index < -0.39 is 0 Å². The summed E-state index contributed by atoms with van der Waals surface area (Å²) in [5.74, 6) is 3.76. The van der Waals surface area contributed by atoms with Gasteiger partial charge in [0.15, 0.2) is 0 Å². The van der Waals surface area contributed by atoms with Gasteiger partial charge in [-0.05, 0) is 23.8 Å². The van der Waals surface area contributed by atoms with Crippen LogP contribution < -0.4 is 0 Å². The summed E-state index contributed by atoms with van der Waals surface area (Å²) in [5.41, 5.74) is 0. The zero-order valence-corrected chi connectivity index (χ0v) is 9.98. The van der Waals surface area contributed by atoms with Gasteiger partial charge in [-0.1, -0.05) is 13.8 Å². The molecule has 0 bridgehead atoms. The van der Waals surface area contributed by atoms with Crippen molar-refractivity contribution in [2.75, 3.05) is 11.5 Å². The highest BCUT2D eigenvalue weighted by Gasteiger charge is 2.24. The topological polar surface area (TPSA) is 30.7 Å². The molecule has 1 aromatic rings. The molecule has 3 nitrogen and oxygen atoms in total. The maximum Gasteiger partial charge on any atom is 0.225 e. The highest BCUT2D eigenvalue weighted by molar-refractivity contribution is 7.99. The van der Waals surface area contributed by atoms with Crippen LogP contribution in [0.1, 0.15) is 38.1 Å². The minimum atomic E-state index is 0.389. The minimum absolute atomic E-state index is 0.389. The summed E-state index contributed by atoms with van der Waals surface area (Å²) < 4.78 is 2.10. The van der Waals surface area contributed by atoms with Crippen molar-refractivity contribution < 1.29 is 0 Å². The second-order valence-corrected chi connectivity index (χ2v) is 5.36. The molecule has 0 aromatic carbocycles. The summed E-state index contributed by atoms with van der Waals surface area (Å²) in [5, 5.41) is 8.63. The van der Waals surface area contributed by atoms with Crippen LogP contribution in [-0.4, -0.2) is 26.3 Å². The van der Waals surface area contributed by atoms with Crippen molar-refractivity contribution >= 4 is 23.4 Å². The van der Waals surface area contributed by atoms with E-state index >= 15 is 0 Å². The Labute approximate surface area is 93.2 Å². The van der Waals surface area contributed by atoms with E-state index in [9.17, 15) is 0 Å². The Bertz CT molecular complexity index is 318. The molecule has 78 valence electrons. The number of thioether (sulfide) groups is 1. The molecule has 1 aliphatic heterocycles. The van der Waals surface area contributed by atoms with Gasteiger partial charge in [0.05, 0.1) is 0 Å². The van der Waals surface area contributed by atoms with Crippen molar-refractivity contribution in [3.63, 3.8) is 0 Å². The van der Waals surface area contributed by atoms with Crippen molar-refractivity contribution in [1.82, 2.24) is 14.8 Å². The van der Waals surface area contributed by atoms with Crippen LogP contribution in [0.5, 0.6) is 0 Å². The van der Waals surface area contributed by atoms with Gasteiger partial charge in [-0.15, -0.1) is 10.2 Å². The van der Waals surface area contributed by atoms with Crippen LogP contribution in [0.15, 0.2) is 0 Å². The maximum absolute atomic E-state index is 6.05. The lowest BCUT2D eigenvalue weighted by Crippen LogP contribution is -2.12. The van der Waals surface area contributed by atoms with Gasteiger partial charge in [0.2, 0.25) is 5.28 Å². The molecule has 1 aliphatic rings. The van der Waals surface area contributed by atoms with E-state index in [0.29, 0.717) is 17.2 Å². The van der Waals surface area contributed by atoms with E-state index in [1.54, 1.807) is 0 Å². The second-order valence-electron chi connectivity index (χ2n) is 3.87. The van der Waals surface area contributed by atoms with Gasteiger partial charge in [0, 0.05) is 17.7 Å². The Balaban J connectivity index is 2.33. The Morgan fingerprint density at radius 2 is 2.29 bits per heavy atom. The molecule has 1 unspecified atom stereocenters. The van der Waals surface area contributed by atoms with Crippen molar-refractivity contribution in [2.45, 2.75) is 32.2 Å². The van der Waals surface area contributed by atoms with E-state index in [-0.39, 0.29) is 0 Å². The summed E-state index contributed by atoms with van der Waals surface area (Å²) in [6.45, 7) is 4.25. The maximum atomic E-state index is 6.05. The van der Waals surface area contributed by atoms with E-state index in [1.807, 2.05) is 11.8 Å². The highest BCUT2D eigenvalue weighted by atomic mass is 35.5. The van der Waals surface area contributed by atoms with E-state index in [1.165, 1.54) is 12.2 Å². The molecule has 1 saturated heterocycles. The quantitative estimate of drug-likeness (QED) is 0.784. The van der Waals surface area contributed by atoms with Crippen molar-refractivity contribution in [1.29, 1.82) is 0 Å². The Morgan fingerprint density at radius 1 is 1.50 bits per heavy atom. The first kappa shape index (κ1) is 10.3. The first-order valence-corrected chi connectivity index (χ1v) is 6.41. The predicted octanol–water partition coefficient (Wildman–Crippen LogP) is 2.73. The van der Waals surface area contributed by atoms with Crippen molar-refractivity contribution in [2.24, 2.45) is 0 Å². The number of rotatable bonds is 2. The van der Waals surface area contributed by atoms with E-state index in [4.69, 9.17) is 11.6 Å². The van der Waals surface area contributed by atoms with Gasteiger partial charge >= 0.3 is 0 Å². The molecule has 1 aromatic heterocycles. The van der Waals surface area contributed by atoms with Gasteiger partial charge in [-0.2, -0.15) is 11.8 Å². The second kappa shape index (κ2) is 4.11. The molecule has 0 aliphatic carbocycles. The molecule has 0 radical (unpaired) electrons. The Kier molecular flexibility index (Phi) is 3.02. The van der Waals surface area contributed by atoms with Crippen LogP contribution in [0.25, 0.3) is 0 Å². The third kappa shape index (κ3) is 1.77. The normalized spacial score (nSPS) is 22.1. The molecule has 0 N–H and O–H groups in total. The molecule has 14 heavy (non-hydrogen) atoms. The SMILES string of the molecule is CC(C)c1nnc(Cl)n1C1CCSC1. The van der Waals surface area contributed by atoms with Crippen molar-refractivity contribution in [3.05, 3.63) is 11.1 Å². The summed E-state index contributed by atoms with van der Waals surface area (Å²) in [4.78, 5) is 0. The smallest absolute Gasteiger partial charge is 0.225 e. The fourth-order valence-corrected chi connectivity index (χ4v) is 3.20. The number of aromatic nitrogens is 3. The van der Waals surface area contributed by atoms with Crippen LogP contribution >= 0.6 is 23.4 Å². The molecule has 2 heterocycles. The molecule has 0 amide bonds. The first-order chi connectivity index (χ1) is 6.70. The van der Waals surface area contributed by atoms with E-state index in [0.717, 1.165) is 11.6 Å². The summed E-state index contributed by atoms with van der Waals surface area (Å²) in [6.07, 6.45) is 1.18. The third-order valence-electron chi connectivity index (χ3n) is 2.47. The molecule has 0 saturated carbocycles. The zero-order valence-electron chi connectivity index (χ0n) is 8.40. The number of hydrogen-bond acceptors (Lipinski definition) is 3. The average Bonchev–Trinajstić information content (AvgIpc) is 2.71. The largest absolute Gasteiger partial charge is 0.298 e. The fourth-order valence-electron chi connectivity index (χ4n) is 1.74. The van der Waals surface area contributed by atoms with Crippen LogP contribution in [0.2, 0.25) is 5.28 Å². The Hall–Kier alpha value is -0.220. The summed E-state index contributed by atoms with van der Waals surface area (Å²) in [6, 6.07) is 0.500. The van der Waals surface area contributed by atoms with Crippen LogP contribution in [0.4, 0.5) is 0 Å². The third-order valence-corrected chi connectivity index (χ3v) is 3.87. The molecule has 5 heteroatoms. The number of nitrogens with zero attached hydrogens (tertiary/aromatic N) is 3. The predicted molar refractivity (Wildman–Crippen MR) is 60.1 cm³/mol. The van der Waals surface area contributed by atoms with Gasteiger partial charge in [-0.3, -0.25) is 4.57 Å². The first-order valence-electron chi connectivity index (χ1n) is 4.88. The molecule has 1 atom stereocenters. The van der Waals surface area contributed by atoms with Crippen molar-refractivity contribution in [3.8, 4) is 0 Å². The molecular formula is C9H14ClN3S. The monoisotopic (exact) mass is 231 g/mol. The van der Waals surface area contributed by atoms with Gasteiger partial charge < -0.3 is 0 Å². The molecule has 0 spiro atoms. The summed E-state index contributed by atoms with van der Waals surface area (Å²) in [7, 11) is 0. The minimum Gasteiger partial charge on any atom is -0.298 e. The Morgan fingerprint density at radius 3 is 2.86 bits per heavy atom. The van der Waals surface area contributed by atoms with Crippen LogP contribution in [0.3, 0.4) is 0 Å². The van der Waals surface area contributed by atoms with Gasteiger partial charge in [0.1, 0.15) is 5.82 Å². The van der Waals surface area contributed by atoms with Gasteiger partial charge in [-0.25, -0.2) is 0 Å². The fraction of sp³-hybridized carbons (Fsp3) is 0.778. The summed E-state index contributed by atoms with van der Waals surface area (Å²) >= 11 is 8.02. The van der Waals surface area contributed by atoms with Crippen LogP contribution in [-0.2, 0) is 0 Å². The lowest BCUT2D eigenvalue weighted by molar-refractivity contribution is 0.521.